The highest BCUT2D eigenvalue weighted by molar-refractivity contribution is 5.71. The van der Waals surface area contributed by atoms with E-state index in [4.69, 9.17) is 4.74 Å². The van der Waals surface area contributed by atoms with Crippen molar-refractivity contribution in [2.75, 3.05) is 11.9 Å². The number of amides is 1. The fourth-order valence-corrected chi connectivity index (χ4v) is 0.882. The van der Waals surface area contributed by atoms with Crippen LogP contribution in [0.4, 0.5) is 5.69 Å². The van der Waals surface area contributed by atoms with Crippen molar-refractivity contribution in [3.8, 4) is 5.75 Å². The third kappa shape index (κ3) is 2.27. The lowest BCUT2D eigenvalue weighted by Crippen LogP contribution is -1.94. The number of carbonyl (C=O) groups is 1. The summed E-state index contributed by atoms with van der Waals surface area (Å²) in [5.74, 6) is 0.814. The van der Waals surface area contributed by atoms with Gasteiger partial charge in [-0.1, -0.05) is 0 Å². The molecule has 1 aromatic rings. The lowest BCUT2D eigenvalue weighted by Gasteiger charge is -2.03. The number of hydrogen-bond donors (Lipinski definition) is 1. The molecule has 3 heteroatoms. The van der Waals surface area contributed by atoms with Gasteiger partial charge in [0.1, 0.15) is 5.75 Å². The molecule has 0 heterocycles. The Morgan fingerprint density at radius 3 is 2.58 bits per heavy atom. The molecule has 3 nitrogen and oxygen atoms in total. The average Bonchev–Trinajstić information content (AvgIpc) is 2.09. The lowest BCUT2D eigenvalue weighted by molar-refractivity contribution is -0.105. The minimum atomic E-state index is 0.648. The number of benzene rings is 1. The van der Waals surface area contributed by atoms with Crippen LogP contribution in [0.15, 0.2) is 24.3 Å². The van der Waals surface area contributed by atoms with Gasteiger partial charge in [-0.25, -0.2) is 0 Å². The number of nitrogens with one attached hydrogen (secondary N) is 1. The topological polar surface area (TPSA) is 38.3 Å². The molecule has 1 amide bonds. The zero-order chi connectivity index (χ0) is 8.81. The molecule has 0 aromatic heterocycles. The molecule has 0 aliphatic rings. The number of anilines is 1. The van der Waals surface area contributed by atoms with E-state index in [9.17, 15) is 4.79 Å². The fraction of sp³-hybridized carbons (Fsp3) is 0.222. The van der Waals surface area contributed by atoms with E-state index in [-0.39, 0.29) is 0 Å². The summed E-state index contributed by atoms with van der Waals surface area (Å²) in [5, 5.41) is 2.54. The van der Waals surface area contributed by atoms with Gasteiger partial charge in [-0.15, -0.1) is 0 Å². The summed E-state index contributed by atoms with van der Waals surface area (Å²) in [6.07, 6.45) is 0.648. The first kappa shape index (κ1) is 8.59. The third-order valence-corrected chi connectivity index (χ3v) is 1.39. The van der Waals surface area contributed by atoms with Crippen molar-refractivity contribution in [2.24, 2.45) is 0 Å². The van der Waals surface area contributed by atoms with Crippen molar-refractivity contribution in [3.05, 3.63) is 24.3 Å². The molecule has 0 unspecified atom stereocenters. The maximum Gasteiger partial charge on any atom is 0.211 e. The van der Waals surface area contributed by atoms with Crippen LogP contribution in [-0.4, -0.2) is 13.0 Å². The summed E-state index contributed by atoms with van der Waals surface area (Å²) in [6.45, 7) is 2.58. The van der Waals surface area contributed by atoms with E-state index in [0.717, 1.165) is 11.4 Å². The Bertz CT molecular complexity index is 243. The van der Waals surface area contributed by atoms with E-state index in [1.165, 1.54) is 0 Å². The molecule has 0 aliphatic carbocycles. The van der Waals surface area contributed by atoms with E-state index in [1.54, 1.807) is 12.1 Å². The molecule has 0 spiro atoms. The first-order valence-electron chi connectivity index (χ1n) is 3.80. The second-order valence-corrected chi connectivity index (χ2v) is 2.22. The molecule has 0 aliphatic heterocycles. The third-order valence-electron chi connectivity index (χ3n) is 1.39. The standard InChI is InChI=1S/C9H11NO2/c1-2-12-9-5-3-8(4-6-9)10-7-11/h3-7H,2H2,1H3,(H,10,11). The highest BCUT2D eigenvalue weighted by Crippen LogP contribution is 2.14. The number of carbonyl (C=O) groups excluding carboxylic acids is 1. The molecular weight excluding hydrogens is 154 g/mol. The summed E-state index contributed by atoms with van der Waals surface area (Å²) >= 11 is 0. The van der Waals surface area contributed by atoms with Crippen LogP contribution in [0, 0.1) is 0 Å². The quantitative estimate of drug-likeness (QED) is 0.689. The van der Waals surface area contributed by atoms with Crippen LogP contribution < -0.4 is 10.1 Å². The average molecular weight is 165 g/mol. The number of ether oxygens (including phenoxy) is 1. The van der Waals surface area contributed by atoms with Gasteiger partial charge in [0.05, 0.1) is 6.61 Å². The second kappa shape index (κ2) is 4.38. The minimum Gasteiger partial charge on any atom is -0.494 e. The molecule has 0 radical (unpaired) electrons. The fourth-order valence-electron chi connectivity index (χ4n) is 0.882. The van der Waals surface area contributed by atoms with E-state index in [0.29, 0.717) is 13.0 Å². The van der Waals surface area contributed by atoms with E-state index in [2.05, 4.69) is 5.32 Å². The Balaban J connectivity index is 2.64. The van der Waals surface area contributed by atoms with Crippen molar-refractivity contribution in [2.45, 2.75) is 6.92 Å². The SMILES string of the molecule is CCOc1ccc(NC=O)cc1. The van der Waals surface area contributed by atoms with Gasteiger partial charge in [0.15, 0.2) is 0 Å². The summed E-state index contributed by atoms with van der Waals surface area (Å²) in [6, 6.07) is 7.21. The van der Waals surface area contributed by atoms with Gasteiger partial charge < -0.3 is 10.1 Å². The molecular formula is C9H11NO2. The molecule has 1 N–H and O–H groups in total. The van der Waals surface area contributed by atoms with Gasteiger partial charge in [0.2, 0.25) is 6.41 Å². The van der Waals surface area contributed by atoms with Crippen LogP contribution in [0.3, 0.4) is 0 Å². The Morgan fingerprint density at radius 1 is 1.42 bits per heavy atom. The molecule has 0 saturated carbocycles. The monoisotopic (exact) mass is 165 g/mol. The van der Waals surface area contributed by atoms with Crippen molar-refractivity contribution < 1.29 is 9.53 Å². The minimum absolute atomic E-state index is 0.648. The molecule has 1 aromatic carbocycles. The Morgan fingerprint density at radius 2 is 2.08 bits per heavy atom. The van der Waals surface area contributed by atoms with Crippen LogP contribution in [0.25, 0.3) is 0 Å². The van der Waals surface area contributed by atoms with Crippen LogP contribution in [-0.2, 0) is 4.79 Å². The molecule has 0 fully saturated rings. The molecule has 0 bridgehead atoms. The first-order valence-corrected chi connectivity index (χ1v) is 3.80. The highest BCUT2D eigenvalue weighted by Gasteiger charge is 1.91. The van der Waals surface area contributed by atoms with E-state index < -0.39 is 0 Å². The van der Waals surface area contributed by atoms with Gasteiger partial charge in [0.25, 0.3) is 0 Å². The normalized spacial score (nSPS) is 9.08. The summed E-state index contributed by atoms with van der Waals surface area (Å²) in [4.78, 5) is 10.0. The molecule has 1 rings (SSSR count). The van der Waals surface area contributed by atoms with Crippen LogP contribution >= 0.6 is 0 Å². The number of hydrogen-bond acceptors (Lipinski definition) is 2. The van der Waals surface area contributed by atoms with Gasteiger partial charge in [-0.2, -0.15) is 0 Å². The van der Waals surface area contributed by atoms with Crippen molar-refractivity contribution >= 4 is 12.1 Å². The number of rotatable bonds is 4. The Kier molecular flexibility index (Phi) is 3.14. The summed E-state index contributed by atoms with van der Waals surface area (Å²) in [5.41, 5.74) is 0.772. The maximum atomic E-state index is 10.0. The zero-order valence-electron chi connectivity index (χ0n) is 6.91. The summed E-state index contributed by atoms with van der Waals surface area (Å²) < 4.78 is 5.22. The molecule has 0 saturated heterocycles. The van der Waals surface area contributed by atoms with E-state index in [1.807, 2.05) is 19.1 Å². The predicted molar refractivity (Wildman–Crippen MR) is 47.3 cm³/mol. The van der Waals surface area contributed by atoms with Crippen LogP contribution in [0.1, 0.15) is 6.92 Å². The molecule has 12 heavy (non-hydrogen) atoms. The van der Waals surface area contributed by atoms with Gasteiger partial charge in [0, 0.05) is 5.69 Å². The van der Waals surface area contributed by atoms with E-state index >= 15 is 0 Å². The van der Waals surface area contributed by atoms with Crippen LogP contribution in [0.2, 0.25) is 0 Å². The van der Waals surface area contributed by atoms with Crippen molar-refractivity contribution in [1.29, 1.82) is 0 Å². The molecule has 0 atom stereocenters. The lowest BCUT2D eigenvalue weighted by atomic mass is 10.3. The highest BCUT2D eigenvalue weighted by atomic mass is 16.5. The Labute approximate surface area is 71.4 Å². The largest absolute Gasteiger partial charge is 0.494 e. The smallest absolute Gasteiger partial charge is 0.211 e. The predicted octanol–water partition coefficient (Wildman–Crippen LogP) is 1.65. The first-order chi connectivity index (χ1) is 5.86. The second-order valence-electron chi connectivity index (χ2n) is 2.22. The molecule has 64 valence electrons. The van der Waals surface area contributed by atoms with Gasteiger partial charge in [-0.3, -0.25) is 4.79 Å². The zero-order valence-corrected chi connectivity index (χ0v) is 6.91. The van der Waals surface area contributed by atoms with Crippen molar-refractivity contribution in [3.63, 3.8) is 0 Å². The van der Waals surface area contributed by atoms with Gasteiger partial charge in [-0.05, 0) is 31.2 Å². The Hall–Kier alpha value is -1.51. The maximum absolute atomic E-state index is 10.0. The summed E-state index contributed by atoms with van der Waals surface area (Å²) in [7, 11) is 0. The van der Waals surface area contributed by atoms with Gasteiger partial charge >= 0.3 is 0 Å². The van der Waals surface area contributed by atoms with Crippen LogP contribution in [0.5, 0.6) is 5.75 Å². The van der Waals surface area contributed by atoms with Crippen molar-refractivity contribution in [1.82, 2.24) is 0 Å².